The number of para-hydroxylation sites is 1. The number of nitrogens with one attached hydrogen (secondary N) is 2. The number of amides is 2. The fraction of sp³-hybridized carbons (Fsp3) is 0.314. The molecule has 2 amide bonds. The first-order valence-corrected chi connectivity index (χ1v) is 16.7. The van der Waals surface area contributed by atoms with E-state index in [1.54, 1.807) is 42.5 Å². The van der Waals surface area contributed by atoms with Crippen molar-refractivity contribution in [2.75, 3.05) is 11.1 Å². The van der Waals surface area contributed by atoms with Gasteiger partial charge in [-0.1, -0.05) is 66.2 Å². The van der Waals surface area contributed by atoms with Crippen LogP contribution in [0.4, 0.5) is 5.69 Å². The second-order valence-corrected chi connectivity index (χ2v) is 13.6. The molecule has 2 aliphatic heterocycles. The third-order valence-electron chi connectivity index (χ3n) is 7.48. The number of hydrogen-bond acceptors (Lipinski definition) is 8. The van der Waals surface area contributed by atoms with Gasteiger partial charge in [-0.15, -0.1) is 23.5 Å². The minimum atomic E-state index is -0.341. The topological polar surface area (TPSA) is 126 Å². The van der Waals surface area contributed by atoms with Crippen LogP contribution in [0.25, 0.3) is 0 Å². The molecule has 3 aromatic carbocycles. The summed E-state index contributed by atoms with van der Waals surface area (Å²) < 4.78 is 0. The van der Waals surface area contributed by atoms with Crippen LogP contribution in [-0.2, 0) is 20.8 Å². The number of ketones is 4. The summed E-state index contributed by atoms with van der Waals surface area (Å²) >= 11 is 2.86. The van der Waals surface area contributed by atoms with E-state index in [0.717, 1.165) is 11.1 Å². The van der Waals surface area contributed by atoms with Crippen LogP contribution in [0.2, 0.25) is 0 Å². The highest BCUT2D eigenvalue weighted by molar-refractivity contribution is 8.02. The van der Waals surface area contributed by atoms with Gasteiger partial charge in [-0.3, -0.25) is 28.8 Å². The van der Waals surface area contributed by atoms with Crippen LogP contribution in [0.15, 0.2) is 72.8 Å². The van der Waals surface area contributed by atoms with Crippen molar-refractivity contribution in [2.24, 2.45) is 0 Å². The number of Topliss-reactive ketones (excluding diaryl/α,β-unsaturated/α-hetero) is 4. The summed E-state index contributed by atoms with van der Waals surface area (Å²) in [5.41, 5.74) is 4.12. The van der Waals surface area contributed by atoms with Crippen molar-refractivity contribution in [3.8, 4) is 0 Å². The summed E-state index contributed by atoms with van der Waals surface area (Å²) in [5, 5.41) is 4.93. The van der Waals surface area contributed by atoms with Gasteiger partial charge in [-0.2, -0.15) is 0 Å². The van der Waals surface area contributed by atoms with Crippen LogP contribution < -0.4 is 10.6 Å². The van der Waals surface area contributed by atoms with Gasteiger partial charge in [0.2, 0.25) is 11.8 Å². The lowest BCUT2D eigenvalue weighted by molar-refractivity contribution is -0.118. The van der Waals surface area contributed by atoms with Crippen LogP contribution in [0.3, 0.4) is 0 Å². The molecular formula is C35H36N2O6S2. The van der Waals surface area contributed by atoms with Crippen molar-refractivity contribution < 1.29 is 28.8 Å². The second-order valence-electron chi connectivity index (χ2n) is 11.0. The Kier molecular flexibility index (Phi) is 11.9. The molecule has 10 heteroatoms. The normalized spacial score (nSPS) is 18.7. The Morgan fingerprint density at radius 3 is 2.09 bits per heavy atom. The number of carbonyl (C=O) groups is 6. The van der Waals surface area contributed by atoms with Gasteiger partial charge in [0.15, 0.2) is 17.3 Å². The summed E-state index contributed by atoms with van der Waals surface area (Å²) in [7, 11) is 0. The Morgan fingerprint density at radius 1 is 0.822 bits per heavy atom. The second kappa shape index (κ2) is 15.8. The Bertz CT molecular complexity index is 1530. The number of carbonyl (C=O) groups excluding carboxylic acids is 6. The van der Waals surface area contributed by atoms with Crippen LogP contribution >= 0.6 is 23.5 Å². The molecule has 3 aromatic rings. The Balaban J connectivity index is 0.000000242. The lowest BCUT2D eigenvalue weighted by atomic mass is 9.97. The van der Waals surface area contributed by atoms with Crippen LogP contribution in [0, 0.1) is 6.92 Å². The van der Waals surface area contributed by atoms with Gasteiger partial charge in [-0.25, -0.2) is 0 Å². The van der Waals surface area contributed by atoms with E-state index in [1.165, 1.54) is 37.4 Å². The first-order chi connectivity index (χ1) is 21.5. The van der Waals surface area contributed by atoms with Crippen molar-refractivity contribution in [1.29, 1.82) is 0 Å². The Labute approximate surface area is 271 Å². The smallest absolute Gasteiger partial charge is 0.237 e. The van der Waals surface area contributed by atoms with Crippen molar-refractivity contribution >= 4 is 64.2 Å². The van der Waals surface area contributed by atoms with Crippen LogP contribution in [0.5, 0.6) is 0 Å². The molecule has 8 nitrogen and oxygen atoms in total. The quantitative estimate of drug-likeness (QED) is 0.263. The third kappa shape index (κ3) is 9.48. The third-order valence-corrected chi connectivity index (χ3v) is 10.2. The Morgan fingerprint density at radius 2 is 1.44 bits per heavy atom. The van der Waals surface area contributed by atoms with Gasteiger partial charge in [0, 0.05) is 29.5 Å². The van der Waals surface area contributed by atoms with Crippen LogP contribution in [-0.4, -0.2) is 56.6 Å². The maximum absolute atomic E-state index is 12.8. The number of benzene rings is 3. The molecule has 0 aliphatic carbocycles. The van der Waals surface area contributed by atoms with E-state index in [2.05, 4.69) is 10.6 Å². The van der Waals surface area contributed by atoms with E-state index >= 15 is 0 Å². The molecule has 2 saturated heterocycles. The van der Waals surface area contributed by atoms with Crippen molar-refractivity contribution in [2.45, 2.75) is 62.3 Å². The molecule has 2 N–H and O–H groups in total. The molecule has 0 saturated carbocycles. The first kappa shape index (κ1) is 33.9. The first-order valence-electron chi connectivity index (χ1n) is 14.7. The highest BCUT2D eigenvalue weighted by Crippen LogP contribution is 2.36. The summed E-state index contributed by atoms with van der Waals surface area (Å²) in [5.74, 6) is 0.231. The fourth-order valence-electron chi connectivity index (χ4n) is 5.07. The lowest BCUT2D eigenvalue weighted by Gasteiger charge is -2.14. The zero-order chi connectivity index (χ0) is 32.5. The molecule has 0 bridgehead atoms. The summed E-state index contributed by atoms with van der Waals surface area (Å²) in [6.45, 7) is 4.94. The van der Waals surface area contributed by atoms with Gasteiger partial charge in [-0.05, 0) is 51.3 Å². The summed E-state index contributed by atoms with van der Waals surface area (Å²) in [6.07, 6.45) is 1.79. The molecule has 0 spiro atoms. The summed E-state index contributed by atoms with van der Waals surface area (Å²) in [6, 6.07) is 21.6. The molecule has 234 valence electrons. The minimum absolute atomic E-state index is 0.0201. The molecule has 2 aliphatic rings. The zero-order valence-electron chi connectivity index (χ0n) is 25.5. The molecule has 3 atom stereocenters. The van der Waals surface area contributed by atoms with E-state index in [1.807, 2.05) is 37.3 Å². The van der Waals surface area contributed by atoms with Crippen LogP contribution in [0.1, 0.15) is 75.3 Å². The molecule has 2 heterocycles. The number of rotatable bonds is 10. The highest BCUT2D eigenvalue weighted by Gasteiger charge is 2.35. The van der Waals surface area contributed by atoms with E-state index in [9.17, 15) is 28.8 Å². The van der Waals surface area contributed by atoms with Crippen molar-refractivity contribution in [1.82, 2.24) is 5.32 Å². The number of aryl methyl sites for hydroxylation is 1. The Hall–Kier alpha value is -4.02. The average Bonchev–Trinajstić information content (AvgIpc) is 3.68. The van der Waals surface area contributed by atoms with Gasteiger partial charge in [0.05, 0.1) is 27.3 Å². The molecule has 3 unspecified atom stereocenters. The van der Waals surface area contributed by atoms with Crippen molar-refractivity contribution in [3.63, 3.8) is 0 Å². The monoisotopic (exact) mass is 644 g/mol. The SMILES string of the molecule is CC(=O)c1ccccc1CC(=O)C1CCC(C(=O)Nc2ccccc2C(C)=O)S1.Cc1ccc(C(=O)CC2NC(=O)CS2)cc1. The lowest BCUT2D eigenvalue weighted by Crippen LogP contribution is -2.26. The largest absolute Gasteiger partial charge is 0.343 e. The van der Waals surface area contributed by atoms with Crippen molar-refractivity contribution in [3.05, 3.63) is 101 Å². The zero-order valence-corrected chi connectivity index (χ0v) is 27.1. The molecular weight excluding hydrogens is 609 g/mol. The van der Waals surface area contributed by atoms with E-state index < -0.39 is 0 Å². The molecule has 0 radical (unpaired) electrons. The molecule has 5 rings (SSSR count). The predicted octanol–water partition coefficient (Wildman–Crippen LogP) is 5.86. The van der Waals surface area contributed by atoms with Gasteiger partial charge in [0.25, 0.3) is 0 Å². The maximum atomic E-state index is 12.8. The standard InChI is InChI=1S/C23H23NO4S.C12H13NO2S/c1-14(25)17-8-4-3-7-16(17)13-20(27)21-11-12-22(29-21)23(28)24-19-10-6-5-9-18(19)15(2)26;1-8-2-4-9(5-3-8)10(14)6-12-13-11(15)7-16-12/h3-10,21-22H,11-13H2,1-2H3,(H,24,28);2-5,12H,6-7H2,1H3,(H,13,15). The van der Waals surface area contributed by atoms with E-state index in [0.29, 0.717) is 47.4 Å². The van der Waals surface area contributed by atoms with Gasteiger partial charge < -0.3 is 10.6 Å². The van der Waals surface area contributed by atoms with E-state index in [4.69, 9.17) is 0 Å². The maximum Gasteiger partial charge on any atom is 0.237 e. The van der Waals surface area contributed by atoms with E-state index in [-0.39, 0.29) is 57.2 Å². The predicted molar refractivity (Wildman–Crippen MR) is 179 cm³/mol. The molecule has 45 heavy (non-hydrogen) atoms. The average molecular weight is 645 g/mol. The van der Waals surface area contributed by atoms with Gasteiger partial charge >= 0.3 is 0 Å². The highest BCUT2D eigenvalue weighted by atomic mass is 32.2. The minimum Gasteiger partial charge on any atom is -0.343 e. The van der Waals surface area contributed by atoms with Gasteiger partial charge in [0.1, 0.15) is 5.78 Å². The number of hydrogen-bond donors (Lipinski definition) is 2. The summed E-state index contributed by atoms with van der Waals surface area (Å²) in [4.78, 5) is 71.7. The number of thioether (sulfide) groups is 2. The molecule has 0 aromatic heterocycles. The molecule has 2 fully saturated rings. The number of anilines is 1. The fourth-order valence-corrected chi connectivity index (χ4v) is 7.35.